The number of aromatic nitrogens is 1. The van der Waals surface area contributed by atoms with Gasteiger partial charge in [-0.2, -0.15) is 0 Å². The summed E-state index contributed by atoms with van der Waals surface area (Å²) in [6.07, 6.45) is 0. The molecule has 0 unspecified atom stereocenters. The van der Waals surface area contributed by atoms with E-state index in [0.29, 0.717) is 28.2 Å². The molecule has 0 fully saturated rings. The lowest BCUT2D eigenvalue weighted by Gasteiger charge is -2.18. The van der Waals surface area contributed by atoms with Crippen molar-refractivity contribution in [3.8, 4) is 11.1 Å². The predicted molar refractivity (Wildman–Crippen MR) is 122 cm³/mol. The van der Waals surface area contributed by atoms with Crippen LogP contribution >= 0.6 is 11.6 Å². The number of halogens is 1. The van der Waals surface area contributed by atoms with Crippen molar-refractivity contribution in [2.45, 2.75) is 6.54 Å². The third-order valence-electron chi connectivity index (χ3n) is 4.95. The Morgan fingerprint density at radius 3 is 2.30 bits per heavy atom. The van der Waals surface area contributed by atoms with Crippen LogP contribution in [0.25, 0.3) is 21.9 Å². The van der Waals surface area contributed by atoms with E-state index in [9.17, 15) is 9.59 Å². The largest absolute Gasteiger partial charge is 0.334 e. The van der Waals surface area contributed by atoms with E-state index in [1.54, 1.807) is 25.2 Å². The molecule has 30 heavy (non-hydrogen) atoms. The van der Waals surface area contributed by atoms with Gasteiger partial charge in [-0.1, -0.05) is 72.3 Å². The van der Waals surface area contributed by atoms with Crippen LogP contribution in [0, 0.1) is 0 Å². The smallest absolute Gasteiger partial charge is 0.320 e. The van der Waals surface area contributed by atoms with Gasteiger partial charge in [0.1, 0.15) is 5.82 Å². The number of nitrogens with one attached hydrogen (secondary N) is 2. The third kappa shape index (κ3) is 3.93. The Hall–Kier alpha value is -3.57. The van der Waals surface area contributed by atoms with Crippen LogP contribution in [-0.4, -0.2) is 10.6 Å². The van der Waals surface area contributed by atoms with E-state index < -0.39 is 6.03 Å². The predicted octanol–water partition coefficient (Wildman–Crippen LogP) is 5.18. The summed E-state index contributed by atoms with van der Waals surface area (Å²) in [7, 11) is 1.65. The van der Waals surface area contributed by atoms with Gasteiger partial charge in [0, 0.05) is 35.0 Å². The number of nitrogens with zero attached hydrogens (tertiary/aromatic N) is 1. The zero-order valence-electron chi connectivity index (χ0n) is 16.4. The molecule has 1 aromatic heterocycles. The second-order valence-corrected chi connectivity index (χ2v) is 7.37. The first kappa shape index (κ1) is 19.7. The molecule has 0 radical (unpaired) electrons. The zero-order valence-corrected chi connectivity index (χ0v) is 17.1. The molecule has 3 aromatic carbocycles. The van der Waals surface area contributed by atoms with E-state index in [2.05, 4.69) is 10.6 Å². The first-order valence-corrected chi connectivity index (χ1v) is 9.89. The van der Waals surface area contributed by atoms with Gasteiger partial charge in [0.15, 0.2) is 0 Å². The van der Waals surface area contributed by atoms with Crippen LogP contribution in [0.2, 0.25) is 5.02 Å². The molecule has 2 amide bonds. The molecule has 4 aromatic rings. The van der Waals surface area contributed by atoms with Crippen LogP contribution in [-0.2, 0) is 13.6 Å². The highest BCUT2D eigenvalue weighted by Crippen LogP contribution is 2.34. The fourth-order valence-electron chi connectivity index (χ4n) is 3.46. The quantitative estimate of drug-likeness (QED) is 0.480. The number of rotatable bonds is 4. The lowest BCUT2D eigenvalue weighted by Crippen LogP contribution is -2.32. The molecule has 1 heterocycles. The second-order valence-electron chi connectivity index (χ2n) is 6.94. The molecular formula is C24H20ClN3O2. The lowest BCUT2D eigenvalue weighted by molar-refractivity contribution is 0.251. The molecule has 6 heteroatoms. The van der Waals surface area contributed by atoms with Crippen molar-refractivity contribution in [3.05, 3.63) is 99.8 Å². The molecule has 150 valence electrons. The van der Waals surface area contributed by atoms with Gasteiger partial charge in [0.2, 0.25) is 0 Å². The Kier molecular flexibility index (Phi) is 5.55. The number of hydrogen-bond donors (Lipinski definition) is 2. The number of amides is 2. The van der Waals surface area contributed by atoms with Gasteiger partial charge in [0.25, 0.3) is 5.56 Å². The number of pyridine rings is 1. The van der Waals surface area contributed by atoms with Crippen LogP contribution in [0.5, 0.6) is 0 Å². The molecule has 0 aliphatic rings. The molecule has 4 rings (SSSR count). The Morgan fingerprint density at radius 2 is 1.60 bits per heavy atom. The summed E-state index contributed by atoms with van der Waals surface area (Å²) in [5.41, 5.74) is 2.39. The molecular weight excluding hydrogens is 398 g/mol. The molecule has 0 saturated heterocycles. The van der Waals surface area contributed by atoms with Gasteiger partial charge in [-0.25, -0.2) is 4.79 Å². The molecule has 0 saturated carbocycles. The highest BCUT2D eigenvalue weighted by Gasteiger charge is 2.18. The summed E-state index contributed by atoms with van der Waals surface area (Å²) >= 11 is 6.24. The maximum atomic E-state index is 13.0. The maximum absolute atomic E-state index is 13.0. The van der Waals surface area contributed by atoms with E-state index in [1.165, 1.54) is 4.57 Å². The summed E-state index contributed by atoms with van der Waals surface area (Å²) in [5, 5.41) is 7.46. The minimum Gasteiger partial charge on any atom is -0.334 e. The summed E-state index contributed by atoms with van der Waals surface area (Å²) < 4.78 is 1.46. The standard InChI is InChI=1S/C24H20ClN3O2/c1-28-22(27-24(30)26-15-16-8-4-2-5-9-16)21(17-10-6-3-7-11-17)20-14-18(25)12-13-19(20)23(28)29/h2-14H,15H2,1H3,(H2,26,27,30). The van der Waals surface area contributed by atoms with Crippen LogP contribution in [0.4, 0.5) is 10.6 Å². The summed E-state index contributed by atoms with van der Waals surface area (Å²) in [5.74, 6) is 0.409. The molecule has 0 aliphatic carbocycles. The number of fused-ring (bicyclic) bond motifs is 1. The molecule has 0 atom stereocenters. The first-order chi connectivity index (χ1) is 14.5. The average molecular weight is 418 g/mol. The van der Waals surface area contributed by atoms with E-state index in [-0.39, 0.29) is 5.56 Å². The van der Waals surface area contributed by atoms with Crippen molar-refractivity contribution >= 4 is 34.2 Å². The topological polar surface area (TPSA) is 63.1 Å². The van der Waals surface area contributed by atoms with E-state index in [1.807, 2.05) is 60.7 Å². The monoisotopic (exact) mass is 417 g/mol. The Morgan fingerprint density at radius 1 is 0.933 bits per heavy atom. The normalized spacial score (nSPS) is 10.7. The Labute approximate surface area is 178 Å². The van der Waals surface area contributed by atoms with Gasteiger partial charge in [0.05, 0.1) is 0 Å². The summed E-state index contributed by atoms with van der Waals surface area (Å²) in [6, 6.07) is 24.0. The molecule has 0 bridgehead atoms. The fourth-order valence-corrected chi connectivity index (χ4v) is 3.63. The van der Waals surface area contributed by atoms with E-state index >= 15 is 0 Å². The van der Waals surface area contributed by atoms with Gasteiger partial charge in [-0.05, 0) is 29.3 Å². The summed E-state index contributed by atoms with van der Waals surface area (Å²) in [4.78, 5) is 25.6. The molecule has 2 N–H and O–H groups in total. The minimum absolute atomic E-state index is 0.209. The van der Waals surface area contributed by atoms with E-state index in [4.69, 9.17) is 11.6 Å². The van der Waals surface area contributed by atoms with Gasteiger partial charge >= 0.3 is 6.03 Å². The number of carbonyl (C=O) groups is 1. The lowest BCUT2D eigenvalue weighted by atomic mass is 9.99. The van der Waals surface area contributed by atoms with Crippen molar-refractivity contribution in [1.29, 1.82) is 0 Å². The van der Waals surface area contributed by atoms with Crippen molar-refractivity contribution in [3.63, 3.8) is 0 Å². The maximum Gasteiger partial charge on any atom is 0.320 e. The highest BCUT2D eigenvalue weighted by atomic mass is 35.5. The molecule has 0 spiro atoms. The van der Waals surface area contributed by atoms with Crippen LogP contribution in [0.1, 0.15) is 5.56 Å². The number of anilines is 1. The molecule has 5 nitrogen and oxygen atoms in total. The van der Waals surface area contributed by atoms with Crippen LogP contribution in [0.15, 0.2) is 83.7 Å². The third-order valence-corrected chi connectivity index (χ3v) is 5.18. The van der Waals surface area contributed by atoms with Gasteiger partial charge in [-0.3, -0.25) is 14.7 Å². The first-order valence-electron chi connectivity index (χ1n) is 9.51. The minimum atomic E-state index is -0.396. The van der Waals surface area contributed by atoms with E-state index in [0.717, 1.165) is 16.7 Å². The second kappa shape index (κ2) is 8.43. The van der Waals surface area contributed by atoms with Crippen molar-refractivity contribution in [1.82, 2.24) is 9.88 Å². The number of carbonyl (C=O) groups excluding carboxylic acids is 1. The van der Waals surface area contributed by atoms with Crippen molar-refractivity contribution < 1.29 is 4.79 Å². The van der Waals surface area contributed by atoms with Crippen LogP contribution < -0.4 is 16.2 Å². The summed E-state index contributed by atoms with van der Waals surface area (Å²) in [6.45, 7) is 0.376. The fraction of sp³-hybridized carbons (Fsp3) is 0.0833. The Balaban J connectivity index is 1.79. The van der Waals surface area contributed by atoms with Gasteiger partial charge < -0.3 is 5.32 Å². The average Bonchev–Trinajstić information content (AvgIpc) is 2.77. The SMILES string of the molecule is Cn1c(NC(=O)NCc2ccccc2)c(-c2ccccc2)c2cc(Cl)ccc2c1=O. The number of benzene rings is 3. The highest BCUT2D eigenvalue weighted by molar-refractivity contribution is 6.31. The Bertz CT molecular complexity index is 1270. The van der Waals surface area contributed by atoms with Gasteiger partial charge in [-0.15, -0.1) is 0 Å². The van der Waals surface area contributed by atoms with Crippen LogP contribution in [0.3, 0.4) is 0 Å². The van der Waals surface area contributed by atoms with Crippen molar-refractivity contribution in [2.24, 2.45) is 7.05 Å². The number of urea groups is 1. The van der Waals surface area contributed by atoms with Crippen molar-refractivity contribution in [2.75, 3.05) is 5.32 Å². The zero-order chi connectivity index (χ0) is 21.1. The molecule has 0 aliphatic heterocycles. The number of hydrogen-bond acceptors (Lipinski definition) is 2.